The molecule has 0 radical (unpaired) electrons. The number of aromatic nitrogens is 4. The first-order valence-corrected chi connectivity index (χ1v) is 8.76. The predicted molar refractivity (Wildman–Crippen MR) is 96.5 cm³/mol. The summed E-state index contributed by atoms with van der Waals surface area (Å²) in [5.74, 6) is -0.180. The zero-order chi connectivity index (χ0) is 18.6. The maximum absolute atomic E-state index is 11.5. The first kappa shape index (κ1) is 19.0. The highest BCUT2D eigenvalue weighted by Crippen LogP contribution is 2.27. The summed E-state index contributed by atoms with van der Waals surface area (Å²) in [6.07, 6.45) is 3.73. The van der Waals surface area contributed by atoms with Gasteiger partial charge in [0.25, 0.3) is 0 Å². The summed E-state index contributed by atoms with van der Waals surface area (Å²) in [5.41, 5.74) is 4.05. The van der Waals surface area contributed by atoms with E-state index >= 15 is 0 Å². The molecule has 0 atom stereocenters. The fourth-order valence-corrected chi connectivity index (χ4v) is 2.95. The van der Waals surface area contributed by atoms with Crippen molar-refractivity contribution in [2.24, 2.45) is 11.8 Å². The van der Waals surface area contributed by atoms with Gasteiger partial charge in [-0.1, -0.05) is 34.6 Å². The minimum Gasteiger partial charge on any atom is -0.476 e. The van der Waals surface area contributed by atoms with E-state index in [0.29, 0.717) is 29.6 Å². The first-order valence-electron chi connectivity index (χ1n) is 8.76. The van der Waals surface area contributed by atoms with E-state index in [2.05, 4.69) is 47.9 Å². The maximum Gasteiger partial charge on any atom is 0.356 e. The van der Waals surface area contributed by atoms with E-state index < -0.39 is 5.97 Å². The minimum atomic E-state index is -1.04. The zero-order valence-corrected chi connectivity index (χ0v) is 15.6. The van der Waals surface area contributed by atoms with E-state index in [9.17, 15) is 9.90 Å². The molecule has 1 N–H and O–H groups in total. The predicted octanol–water partition coefficient (Wildman–Crippen LogP) is 3.59. The van der Waals surface area contributed by atoms with Crippen molar-refractivity contribution in [3.8, 4) is 11.4 Å². The van der Waals surface area contributed by atoms with Gasteiger partial charge in [0.05, 0.1) is 5.69 Å². The third kappa shape index (κ3) is 4.59. The lowest BCUT2D eigenvalue weighted by molar-refractivity contribution is 0.0687. The molecule has 0 saturated heterocycles. The van der Waals surface area contributed by atoms with Crippen molar-refractivity contribution in [1.82, 2.24) is 20.2 Å². The molecule has 0 amide bonds. The zero-order valence-electron chi connectivity index (χ0n) is 15.6. The molecule has 2 heterocycles. The number of carbonyl (C=O) groups is 1. The summed E-state index contributed by atoms with van der Waals surface area (Å²) in [7, 11) is 0. The molecule has 0 fully saturated rings. The fraction of sp³-hybridized carbons (Fsp3) is 0.526. The SMILES string of the molecule is CCc1c(C(=O)O)nnc(-c2cc(CC(C)C)ncn2)c1CC(C)C. The van der Waals surface area contributed by atoms with Crippen LogP contribution in [0.4, 0.5) is 0 Å². The van der Waals surface area contributed by atoms with Gasteiger partial charge in [-0.15, -0.1) is 10.2 Å². The summed E-state index contributed by atoms with van der Waals surface area (Å²) >= 11 is 0. The summed E-state index contributed by atoms with van der Waals surface area (Å²) in [5, 5.41) is 17.6. The second-order valence-electron chi connectivity index (χ2n) is 7.10. The molecular weight excluding hydrogens is 316 g/mol. The van der Waals surface area contributed by atoms with Gasteiger partial charge >= 0.3 is 5.97 Å². The quantitative estimate of drug-likeness (QED) is 0.827. The average molecular weight is 342 g/mol. The summed E-state index contributed by atoms with van der Waals surface area (Å²) in [6, 6.07) is 1.94. The Labute approximate surface area is 148 Å². The van der Waals surface area contributed by atoms with Crippen LogP contribution in [-0.2, 0) is 19.3 Å². The Kier molecular flexibility index (Phi) is 6.17. The molecule has 0 saturated carbocycles. The van der Waals surface area contributed by atoms with Gasteiger partial charge in [-0.05, 0) is 48.3 Å². The Morgan fingerprint density at radius 2 is 1.72 bits per heavy atom. The van der Waals surface area contributed by atoms with Crippen molar-refractivity contribution in [2.75, 3.05) is 0 Å². The number of rotatable bonds is 7. The number of carboxylic acids is 1. The molecule has 2 rings (SSSR count). The molecule has 6 heteroatoms. The van der Waals surface area contributed by atoms with Gasteiger partial charge in [0, 0.05) is 5.69 Å². The van der Waals surface area contributed by atoms with Crippen LogP contribution in [0.2, 0.25) is 0 Å². The number of nitrogens with zero attached hydrogens (tertiary/aromatic N) is 4. The molecule has 25 heavy (non-hydrogen) atoms. The van der Waals surface area contributed by atoms with E-state index in [-0.39, 0.29) is 5.69 Å². The second-order valence-corrected chi connectivity index (χ2v) is 7.10. The standard InChI is InChI=1S/C19H26N4O2/c1-6-14-15(8-12(4)5)17(22-23-18(14)19(24)25)16-9-13(7-11(2)3)20-10-21-16/h9-12H,6-8H2,1-5H3,(H,24,25). The number of carboxylic acid groups (broad SMARTS) is 1. The highest BCUT2D eigenvalue weighted by molar-refractivity contribution is 5.88. The number of hydrogen-bond acceptors (Lipinski definition) is 5. The van der Waals surface area contributed by atoms with Crippen LogP contribution >= 0.6 is 0 Å². The van der Waals surface area contributed by atoms with Gasteiger partial charge in [0.2, 0.25) is 0 Å². The van der Waals surface area contributed by atoms with E-state index in [4.69, 9.17) is 0 Å². The Balaban J connectivity index is 2.62. The number of aromatic carboxylic acids is 1. The van der Waals surface area contributed by atoms with Crippen molar-refractivity contribution in [1.29, 1.82) is 0 Å². The molecule has 0 aliphatic heterocycles. The fourth-order valence-electron chi connectivity index (χ4n) is 2.95. The van der Waals surface area contributed by atoms with Crippen LogP contribution in [-0.4, -0.2) is 31.2 Å². The van der Waals surface area contributed by atoms with E-state index in [0.717, 1.165) is 29.7 Å². The van der Waals surface area contributed by atoms with Gasteiger partial charge in [-0.3, -0.25) is 0 Å². The summed E-state index contributed by atoms with van der Waals surface area (Å²) < 4.78 is 0. The molecule has 134 valence electrons. The van der Waals surface area contributed by atoms with Crippen molar-refractivity contribution >= 4 is 5.97 Å². The lowest BCUT2D eigenvalue weighted by Crippen LogP contribution is -2.14. The molecule has 2 aromatic rings. The van der Waals surface area contributed by atoms with E-state index in [1.54, 1.807) is 6.33 Å². The Morgan fingerprint density at radius 3 is 2.28 bits per heavy atom. The molecule has 0 aliphatic carbocycles. The highest BCUT2D eigenvalue weighted by Gasteiger charge is 2.22. The molecule has 0 aromatic carbocycles. The molecular formula is C19H26N4O2. The van der Waals surface area contributed by atoms with Crippen LogP contribution < -0.4 is 0 Å². The van der Waals surface area contributed by atoms with Gasteiger partial charge in [0.15, 0.2) is 5.69 Å². The monoisotopic (exact) mass is 342 g/mol. The second kappa shape index (κ2) is 8.14. The van der Waals surface area contributed by atoms with Gasteiger partial charge in [-0.2, -0.15) is 0 Å². The summed E-state index contributed by atoms with van der Waals surface area (Å²) in [4.78, 5) is 20.2. The summed E-state index contributed by atoms with van der Waals surface area (Å²) in [6.45, 7) is 10.4. The molecule has 0 spiro atoms. The lowest BCUT2D eigenvalue weighted by atomic mass is 9.93. The largest absolute Gasteiger partial charge is 0.476 e. The van der Waals surface area contributed by atoms with Crippen molar-refractivity contribution in [2.45, 2.75) is 53.9 Å². The van der Waals surface area contributed by atoms with Gasteiger partial charge in [0.1, 0.15) is 12.0 Å². The van der Waals surface area contributed by atoms with Crippen LogP contribution in [0.25, 0.3) is 11.4 Å². The third-order valence-corrected chi connectivity index (χ3v) is 3.94. The smallest absolute Gasteiger partial charge is 0.356 e. The minimum absolute atomic E-state index is 0.0401. The number of hydrogen-bond donors (Lipinski definition) is 1. The Hall–Kier alpha value is -2.37. The topological polar surface area (TPSA) is 88.9 Å². The normalized spacial score (nSPS) is 11.3. The van der Waals surface area contributed by atoms with E-state index in [1.165, 1.54) is 0 Å². The van der Waals surface area contributed by atoms with Gasteiger partial charge < -0.3 is 5.11 Å². The van der Waals surface area contributed by atoms with Crippen LogP contribution in [0.5, 0.6) is 0 Å². The molecule has 0 aliphatic rings. The van der Waals surface area contributed by atoms with E-state index in [1.807, 2.05) is 13.0 Å². The molecule has 2 aromatic heterocycles. The van der Waals surface area contributed by atoms with Crippen LogP contribution in [0.15, 0.2) is 12.4 Å². The molecule has 0 unspecified atom stereocenters. The first-order chi connectivity index (χ1) is 11.8. The van der Waals surface area contributed by atoms with Crippen molar-refractivity contribution < 1.29 is 9.90 Å². The van der Waals surface area contributed by atoms with Crippen molar-refractivity contribution in [3.63, 3.8) is 0 Å². The third-order valence-electron chi connectivity index (χ3n) is 3.94. The maximum atomic E-state index is 11.5. The Morgan fingerprint density at radius 1 is 1.04 bits per heavy atom. The highest BCUT2D eigenvalue weighted by atomic mass is 16.4. The van der Waals surface area contributed by atoms with Crippen molar-refractivity contribution in [3.05, 3.63) is 34.9 Å². The van der Waals surface area contributed by atoms with Crippen LogP contribution in [0, 0.1) is 11.8 Å². The molecule has 6 nitrogen and oxygen atoms in total. The molecule has 0 bridgehead atoms. The Bertz CT molecular complexity index is 757. The average Bonchev–Trinajstić information content (AvgIpc) is 2.53. The van der Waals surface area contributed by atoms with Crippen LogP contribution in [0.1, 0.15) is 61.9 Å². The lowest BCUT2D eigenvalue weighted by Gasteiger charge is -2.16. The van der Waals surface area contributed by atoms with Crippen LogP contribution in [0.3, 0.4) is 0 Å². The van der Waals surface area contributed by atoms with Gasteiger partial charge in [-0.25, -0.2) is 14.8 Å².